The zero-order valence-electron chi connectivity index (χ0n) is 9.56. The first-order chi connectivity index (χ1) is 8.21. The van der Waals surface area contributed by atoms with Crippen molar-refractivity contribution in [3.63, 3.8) is 0 Å². The first-order valence-corrected chi connectivity index (χ1v) is 5.93. The summed E-state index contributed by atoms with van der Waals surface area (Å²) in [5.74, 6) is -0.684. The molecular weight excluding hydrogens is 218 g/mol. The van der Waals surface area contributed by atoms with Gasteiger partial charge in [-0.25, -0.2) is 0 Å². The number of pyridine rings is 1. The molecule has 0 atom stereocenters. The minimum Gasteiger partial charge on any atom is -0.481 e. The van der Waals surface area contributed by atoms with Crippen molar-refractivity contribution in [3.05, 3.63) is 30.1 Å². The van der Waals surface area contributed by atoms with E-state index >= 15 is 0 Å². The molecule has 0 amide bonds. The Morgan fingerprint density at radius 2 is 2.18 bits per heavy atom. The quantitative estimate of drug-likeness (QED) is 0.861. The summed E-state index contributed by atoms with van der Waals surface area (Å²) in [6.07, 6.45) is 5.99. The Kier molecular flexibility index (Phi) is 2.23. The number of aliphatic carboxylic acids is 1. The van der Waals surface area contributed by atoms with Gasteiger partial charge in [-0.1, -0.05) is 12.5 Å². The van der Waals surface area contributed by atoms with E-state index in [-0.39, 0.29) is 5.41 Å². The van der Waals surface area contributed by atoms with E-state index in [0.717, 1.165) is 24.8 Å². The number of rotatable bonds is 3. The van der Waals surface area contributed by atoms with E-state index in [1.807, 2.05) is 12.1 Å². The van der Waals surface area contributed by atoms with Gasteiger partial charge in [0, 0.05) is 12.4 Å². The van der Waals surface area contributed by atoms with E-state index in [9.17, 15) is 9.90 Å². The summed E-state index contributed by atoms with van der Waals surface area (Å²) in [6.45, 7) is 1.01. The SMILES string of the molecule is O=C(O)C1(C2(c3cccnc3)COC2)CCC1. The summed E-state index contributed by atoms with van der Waals surface area (Å²) in [7, 11) is 0. The van der Waals surface area contributed by atoms with Crippen LogP contribution in [0, 0.1) is 5.41 Å². The molecule has 1 aromatic rings. The van der Waals surface area contributed by atoms with Crippen LogP contribution in [0.25, 0.3) is 0 Å². The molecule has 90 valence electrons. The monoisotopic (exact) mass is 233 g/mol. The summed E-state index contributed by atoms with van der Waals surface area (Å²) < 4.78 is 5.33. The first kappa shape index (κ1) is 10.7. The molecule has 1 saturated carbocycles. The van der Waals surface area contributed by atoms with E-state index in [2.05, 4.69) is 4.98 Å². The van der Waals surface area contributed by atoms with Gasteiger partial charge in [0.25, 0.3) is 0 Å². The minimum absolute atomic E-state index is 0.356. The molecule has 0 bridgehead atoms. The van der Waals surface area contributed by atoms with E-state index in [1.54, 1.807) is 12.4 Å². The van der Waals surface area contributed by atoms with Crippen molar-refractivity contribution < 1.29 is 14.6 Å². The highest BCUT2D eigenvalue weighted by atomic mass is 16.5. The van der Waals surface area contributed by atoms with E-state index in [4.69, 9.17) is 4.74 Å². The molecular formula is C13H15NO3. The standard InChI is InChI=1S/C13H15NO3/c15-11(16)12(4-2-5-12)13(8-17-9-13)10-3-1-6-14-7-10/h1,3,6-7H,2,4-5,8-9H2,(H,15,16). The number of hydrogen-bond acceptors (Lipinski definition) is 3. The molecule has 0 radical (unpaired) electrons. The number of carbonyl (C=O) groups is 1. The smallest absolute Gasteiger partial charge is 0.310 e. The zero-order chi connectivity index (χ0) is 11.9. The fourth-order valence-corrected chi connectivity index (χ4v) is 3.10. The van der Waals surface area contributed by atoms with Crippen LogP contribution in [0.5, 0.6) is 0 Å². The van der Waals surface area contributed by atoms with Crippen LogP contribution < -0.4 is 0 Å². The average Bonchev–Trinajstić information content (AvgIpc) is 2.21. The van der Waals surface area contributed by atoms with Crippen molar-refractivity contribution in [1.29, 1.82) is 0 Å². The second-order valence-electron chi connectivity index (χ2n) is 5.06. The number of carboxylic acids is 1. The molecule has 0 aromatic carbocycles. The molecule has 0 unspecified atom stereocenters. The van der Waals surface area contributed by atoms with Crippen molar-refractivity contribution in [1.82, 2.24) is 4.98 Å². The Balaban J connectivity index is 2.06. The van der Waals surface area contributed by atoms with E-state index in [0.29, 0.717) is 13.2 Å². The van der Waals surface area contributed by atoms with Gasteiger partial charge < -0.3 is 9.84 Å². The number of carboxylic acid groups (broad SMARTS) is 1. The Morgan fingerprint density at radius 3 is 2.53 bits per heavy atom. The molecule has 2 fully saturated rings. The van der Waals surface area contributed by atoms with Crippen molar-refractivity contribution >= 4 is 5.97 Å². The normalized spacial score (nSPS) is 24.5. The third-order valence-corrected chi connectivity index (χ3v) is 4.44. The van der Waals surface area contributed by atoms with Crippen LogP contribution in [0.1, 0.15) is 24.8 Å². The second-order valence-corrected chi connectivity index (χ2v) is 5.06. The molecule has 4 heteroatoms. The van der Waals surface area contributed by atoms with Crippen LogP contribution in [0.4, 0.5) is 0 Å². The van der Waals surface area contributed by atoms with Gasteiger partial charge in [-0.3, -0.25) is 9.78 Å². The summed E-state index contributed by atoms with van der Waals surface area (Å²) in [5, 5.41) is 9.57. The summed E-state index contributed by atoms with van der Waals surface area (Å²) in [5.41, 5.74) is 0.0213. The third kappa shape index (κ3) is 1.21. The van der Waals surface area contributed by atoms with Crippen molar-refractivity contribution in [2.45, 2.75) is 24.7 Å². The fraction of sp³-hybridized carbons (Fsp3) is 0.538. The van der Waals surface area contributed by atoms with Crippen molar-refractivity contribution in [2.75, 3.05) is 13.2 Å². The summed E-state index contributed by atoms with van der Waals surface area (Å²) in [4.78, 5) is 15.8. The fourth-order valence-electron chi connectivity index (χ4n) is 3.10. The predicted molar refractivity (Wildman–Crippen MR) is 60.7 cm³/mol. The molecule has 1 N–H and O–H groups in total. The van der Waals surface area contributed by atoms with Crippen molar-refractivity contribution in [3.8, 4) is 0 Å². The van der Waals surface area contributed by atoms with Crippen LogP contribution in [0.2, 0.25) is 0 Å². The van der Waals surface area contributed by atoms with Gasteiger partial charge in [0.1, 0.15) is 0 Å². The third-order valence-electron chi connectivity index (χ3n) is 4.44. The zero-order valence-corrected chi connectivity index (χ0v) is 9.56. The van der Waals surface area contributed by atoms with Crippen LogP contribution in [0.3, 0.4) is 0 Å². The van der Waals surface area contributed by atoms with Gasteiger partial charge in [0.2, 0.25) is 0 Å². The highest BCUT2D eigenvalue weighted by Crippen LogP contribution is 2.58. The predicted octanol–water partition coefficient (Wildman–Crippen LogP) is 1.60. The molecule has 2 heterocycles. The lowest BCUT2D eigenvalue weighted by Crippen LogP contribution is -2.64. The molecule has 1 aliphatic heterocycles. The molecule has 17 heavy (non-hydrogen) atoms. The lowest BCUT2D eigenvalue weighted by Gasteiger charge is -2.57. The van der Waals surface area contributed by atoms with Gasteiger partial charge in [0.05, 0.1) is 24.0 Å². The van der Waals surface area contributed by atoms with Gasteiger partial charge in [0.15, 0.2) is 0 Å². The lowest BCUT2D eigenvalue weighted by atomic mass is 9.50. The van der Waals surface area contributed by atoms with Crippen LogP contribution >= 0.6 is 0 Å². The number of nitrogens with zero attached hydrogens (tertiary/aromatic N) is 1. The Morgan fingerprint density at radius 1 is 1.41 bits per heavy atom. The van der Waals surface area contributed by atoms with Crippen LogP contribution in [-0.2, 0) is 14.9 Å². The largest absolute Gasteiger partial charge is 0.481 e. The van der Waals surface area contributed by atoms with Gasteiger partial charge in [-0.2, -0.15) is 0 Å². The second kappa shape index (κ2) is 3.53. The highest BCUT2D eigenvalue weighted by molar-refractivity contribution is 5.79. The maximum Gasteiger partial charge on any atom is 0.310 e. The first-order valence-electron chi connectivity index (χ1n) is 5.93. The van der Waals surface area contributed by atoms with Gasteiger partial charge in [-0.05, 0) is 24.5 Å². The van der Waals surface area contributed by atoms with Crippen LogP contribution in [-0.4, -0.2) is 29.3 Å². The molecule has 4 nitrogen and oxygen atoms in total. The maximum atomic E-state index is 11.6. The van der Waals surface area contributed by atoms with Crippen molar-refractivity contribution in [2.24, 2.45) is 5.41 Å². The Hall–Kier alpha value is -1.42. The summed E-state index contributed by atoms with van der Waals surface area (Å²) in [6, 6.07) is 3.84. The maximum absolute atomic E-state index is 11.6. The number of aromatic nitrogens is 1. The van der Waals surface area contributed by atoms with E-state index < -0.39 is 11.4 Å². The highest BCUT2D eigenvalue weighted by Gasteiger charge is 2.64. The van der Waals surface area contributed by atoms with Gasteiger partial charge >= 0.3 is 5.97 Å². The number of ether oxygens (including phenoxy) is 1. The van der Waals surface area contributed by atoms with Gasteiger partial charge in [-0.15, -0.1) is 0 Å². The molecule has 3 rings (SSSR count). The topological polar surface area (TPSA) is 59.4 Å². The molecule has 1 aromatic heterocycles. The molecule has 1 aliphatic carbocycles. The number of hydrogen-bond donors (Lipinski definition) is 1. The average molecular weight is 233 g/mol. The minimum atomic E-state index is -0.684. The molecule has 2 aliphatic rings. The van der Waals surface area contributed by atoms with Crippen LogP contribution in [0.15, 0.2) is 24.5 Å². The Bertz CT molecular complexity index is 435. The summed E-state index contributed by atoms with van der Waals surface area (Å²) >= 11 is 0. The lowest BCUT2D eigenvalue weighted by molar-refractivity contribution is -0.192. The molecule has 1 saturated heterocycles. The van der Waals surface area contributed by atoms with E-state index in [1.165, 1.54) is 0 Å². The molecule has 0 spiro atoms. The Labute approximate surface area is 99.6 Å².